The van der Waals surface area contributed by atoms with Gasteiger partial charge in [0.15, 0.2) is 6.10 Å². The number of aromatic nitrogens is 2. The van der Waals surface area contributed by atoms with E-state index in [9.17, 15) is 18.4 Å². The number of alkyl halides is 1. The van der Waals surface area contributed by atoms with Crippen molar-refractivity contribution in [2.24, 2.45) is 17.6 Å². The van der Waals surface area contributed by atoms with E-state index < -0.39 is 35.9 Å². The van der Waals surface area contributed by atoms with Gasteiger partial charge in [0, 0.05) is 71.6 Å². The first-order valence-electron chi connectivity index (χ1n) is 16.3. The normalized spacial score (nSPS) is 22.7. The molecule has 3 aliphatic rings. The summed E-state index contributed by atoms with van der Waals surface area (Å²) in [6.07, 6.45) is 2.46. The number of morpholine rings is 1. The van der Waals surface area contributed by atoms with Crippen LogP contribution in [0.1, 0.15) is 32.6 Å². The van der Waals surface area contributed by atoms with Crippen LogP contribution in [0.2, 0.25) is 0 Å². The molecule has 3 fully saturated rings. The number of imidazole rings is 1. The predicted octanol–water partition coefficient (Wildman–Crippen LogP) is 2.71. The topological polar surface area (TPSA) is 124 Å². The Labute approximate surface area is 274 Å². The summed E-state index contributed by atoms with van der Waals surface area (Å²) < 4.78 is 63.2. The second-order valence-electron chi connectivity index (χ2n) is 12.2. The monoisotopic (exact) mass is 664 g/mol. The maximum Gasteiger partial charge on any atom is 0.254 e. The molecule has 3 N–H and O–H groups in total. The fourth-order valence-corrected chi connectivity index (χ4v) is 6.60. The predicted molar refractivity (Wildman–Crippen MR) is 170 cm³/mol. The first-order chi connectivity index (χ1) is 22.8. The molecule has 260 valence electrons. The molecule has 1 aromatic carbocycles. The van der Waals surface area contributed by atoms with Gasteiger partial charge in [0.2, 0.25) is 5.91 Å². The van der Waals surface area contributed by atoms with Gasteiger partial charge in [0.1, 0.15) is 23.6 Å². The number of ether oxygens (including phenoxy) is 3. The van der Waals surface area contributed by atoms with Crippen LogP contribution in [0.4, 0.5) is 13.2 Å². The molecule has 14 heteroatoms. The number of hydrogen-bond acceptors (Lipinski definition) is 8. The van der Waals surface area contributed by atoms with Crippen molar-refractivity contribution in [2.75, 3.05) is 72.3 Å². The van der Waals surface area contributed by atoms with E-state index in [2.05, 4.69) is 11.9 Å². The van der Waals surface area contributed by atoms with Crippen molar-refractivity contribution in [2.45, 2.75) is 44.1 Å². The van der Waals surface area contributed by atoms with E-state index in [0.29, 0.717) is 58.1 Å². The molecule has 2 aromatic rings. The van der Waals surface area contributed by atoms with E-state index in [0.717, 1.165) is 18.2 Å². The number of nitrogens with one attached hydrogen (secondary N) is 1. The highest BCUT2D eigenvalue weighted by Gasteiger charge is 2.43. The molecular formula is C33H47F3N6O5. The van der Waals surface area contributed by atoms with Gasteiger partial charge in [-0.3, -0.25) is 9.59 Å². The van der Waals surface area contributed by atoms with Crippen LogP contribution in [0.3, 0.4) is 0 Å². The average molecular weight is 665 g/mol. The SMILES string of the molecule is C=CCn1cc(-c2cc(F)ccc2F)nc1[C@@H](C1CCOCC1)N(C[C@@H]1CNC[C@@H]1F)C(=O)[C@@H]1CN(C(=O)CCOCCN)CCO1.[HH]. The Balaban J connectivity index is 0.00000520. The van der Waals surface area contributed by atoms with Crippen LogP contribution < -0.4 is 11.1 Å². The van der Waals surface area contributed by atoms with Gasteiger partial charge >= 0.3 is 0 Å². The summed E-state index contributed by atoms with van der Waals surface area (Å²) in [5.74, 6) is -1.98. The number of benzene rings is 1. The minimum Gasteiger partial charge on any atom is -0.381 e. The molecule has 4 heterocycles. The third-order valence-electron chi connectivity index (χ3n) is 9.04. The summed E-state index contributed by atoms with van der Waals surface area (Å²) in [7, 11) is 0. The highest BCUT2D eigenvalue weighted by molar-refractivity contribution is 5.83. The summed E-state index contributed by atoms with van der Waals surface area (Å²) >= 11 is 0. The maximum atomic E-state index is 15.2. The average Bonchev–Trinajstić information content (AvgIpc) is 3.69. The zero-order valence-electron chi connectivity index (χ0n) is 26.6. The summed E-state index contributed by atoms with van der Waals surface area (Å²) in [4.78, 5) is 35.7. The molecule has 47 heavy (non-hydrogen) atoms. The van der Waals surface area contributed by atoms with E-state index in [4.69, 9.17) is 24.9 Å². The summed E-state index contributed by atoms with van der Waals surface area (Å²) in [5, 5.41) is 3.08. The Morgan fingerprint density at radius 3 is 2.77 bits per heavy atom. The highest BCUT2D eigenvalue weighted by atomic mass is 19.1. The fraction of sp³-hybridized carbons (Fsp3) is 0.606. The molecule has 2 amide bonds. The molecule has 0 bridgehead atoms. The second-order valence-corrected chi connectivity index (χ2v) is 12.2. The van der Waals surface area contributed by atoms with Crippen LogP contribution in [0, 0.1) is 23.5 Å². The zero-order chi connectivity index (χ0) is 33.3. The highest BCUT2D eigenvalue weighted by Crippen LogP contribution is 2.38. The van der Waals surface area contributed by atoms with Gasteiger partial charge in [-0.15, -0.1) is 6.58 Å². The molecule has 0 radical (unpaired) electrons. The number of allylic oxidation sites excluding steroid dienone is 1. The Morgan fingerprint density at radius 2 is 2.04 bits per heavy atom. The Bertz CT molecular complexity index is 1380. The van der Waals surface area contributed by atoms with Gasteiger partial charge in [-0.25, -0.2) is 18.2 Å². The lowest BCUT2D eigenvalue weighted by Gasteiger charge is -2.42. The van der Waals surface area contributed by atoms with E-state index in [1.54, 1.807) is 26.6 Å². The standard InChI is InChI=1S/C33H45F3N6O5.H2/c1-2-9-41-20-28(25-16-24(34)3-4-26(25)35)39-32(41)31(22-5-11-45-12-6-22)42(19-23-17-38-18-27(23)36)33(44)29-21-40(10-15-47-29)30(43)7-13-46-14-8-37;/h2-4,16,20,22-23,27,29,31,38H,1,5-15,17-19,21,37H2;1H/t23-,27-,29-,31+;/m0./s1. The van der Waals surface area contributed by atoms with E-state index in [-0.39, 0.29) is 76.2 Å². The zero-order valence-corrected chi connectivity index (χ0v) is 26.6. The molecular weight excluding hydrogens is 617 g/mol. The van der Waals surface area contributed by atoms with Crippen molar-refractivity contribution in [3.05, 3.63) is 54.5 Å². The number of hydrogen-bond donors (Lipinski definition) is 2. The van der Waals surface area contributed by atoms with Crippen molar-refractivity contribution < 1.29 is 38.4 Å². The lowest BCUT2D eigenvalue weighted by atomic mass is 9.88. The third kappa shape index (κ3) is 8.60. The lowest BCUT2D eigenvalue weighted by molar-refractivity contribution is -0.159. The van der Waals surface area contributed by atoms with Gasteiger partial charge in [-0.2, -0.15) is 0 Å². The third-order valence-corrected chi connectivity index (χ3v) is 9.04. The van der Waals surface area contributed by atoms with Crippen LogP contribution in [-0.4, -0.2) is 116 Å². The molecule has 0 saturated carbocycles. The fourth-order valence-electron chi connectivity index (χ4n) is 6.60. The molecule has 0 spiro atoms. The number of amides is 2. The number of rotatable bonds is 14. The Hall–Kier alpha value is -3.30. The smallest absolute Gasteiger partial charge is 0.254 e. The van der Waals surface area contributed by atoms with Crippen molar-refractivity contribution >= 4 is 11.8 Å². The first kappa shape index (κ1) is 35.0. The molecule has 0 aliphatic carbocycles. The van der Waals surface area contributed by atoms with Gasteiger partial charge in [0.05, 0.1) is 44.5 Å². The van der Waals surface area contributed by atoms with Gasteiger partial charge < -0.3 is 39.6 Å². The van der Waals surface area contributed by atoms with Gasteiger partial charge in [0.25, 0.3) is 5.91 Å². The molecule has 11 nitrogen and oxygen atoms in total. The molecule has 0 unspecified atom stereocenters. The molecule has 5 rings (SSSR count). The van der Waals surface area contributed by atoms with E-state index in [1.165, 1.54) is 0 Å². The van der Waals surface area contributed by atoms with Crippen LogP contribution >= 0.6 is 0 Å². The summed E-state index contributed by atoms with van der Waals surface area (Å²) in [6.45, 7) is 7.15. The first-order valence-corrected chi connectivity index (χ1v) is 16.3. The van der Waals surface area contributed by atoms with Crippen molar-refractivity contribution in [3.8, 4) is 11.3 Å². The van der Waals surface area contributed by atoms with Crippen molar-refractivity contribution in [3.63, 3.8) is 0 Å². The summed E-state index contributed by atoms with van der Waals surface area (Å²) in [5.41, 5.74) is 5.66. The number of halogens is 3. The minimum atomic E-state index is -1.18. The second kappa shape index (κ2) is 16.7. The van der Waals surface area contributed by atoms with Crippen molar-refractivity contribution in [1.82, 2.24) is 24.7 Å². The largest absolute Gasteiger partial charge is 0.381 e. The number of carbonyl (C=O) groups is 2. The number of nitrogens with two attached hydrogens (primary N) is 1. The minimum absolute atomic E-state index is 0. The molecule has 3 aliphatic heterocycles. The van der Waals surface area contributed by atoms with Crippen molar-refractivity contribution in [1.29, 1.82) is 0 Å². The molecule has 4 atom stereocenters. The Kier molecular flexibility index (Phi) is 12.4. The lowest BCUT2D eigenvalue weighted by Crippen LogP contribution is -2.55. The molecule has 1 aromatic heterocycles. The Morgan fingerprint density at radius 1 is 1.23 bits per heavy atom. The van der Waals surface area contributed by atoms with Crippen LogP contribution in [0.25, 0.3) is 11.3 Å². The quantitative estimate of drug-likeness (QED) is 0.234. The maximum absolute atomic E-state index is 15.2. The van der Waals surface area contributed by atoms with Gasteiger partial charge in [-0.05, 0) is 37.0 Å². The van der Waals surface area contributed by atoms with Crippen LogP contribution in [0.15, 0.2) is 37.1 Å². The summed E-state index contributed by atoms with van der Waals surface area (Å²) in [6, 6.07) is 2.51. The number of nitrogens with zero attached hydrogens (tertiary/aromatic N) is 4. The van der Waals surface area contributed by atoms with Crippen LogP contribution in [0.5, 0.6) is 0 Å². The number of carbonyl (C=O) groups excluding carboxylic acids is 2. The van der Waals surface area contributed by atoms with E-state index in [1.807, 2.05) is 0 Å². The van der Waals surface area contributed by atoms with Crippen LogP contribution in [-0.2, 0) is 30.3 Å². The molecule has 3 saturated heterocycles. The van der Waals surface area contributed by atoms with Gasteiger partial charge in [-0.1, -0.05) is 6.08 Å². The van der Waals surface area contributed by atoms with E-state index >= 15 is 4.39 Å².